The minimum absolute atomic E-state index is 0.223. The summed E-state index contributed by atoms with van der Waals surface area (Å²) in [7, 11) is 0.579. The maximum atomic E-state index is 13.2. The molecule has 0 unspecified atom stereocenters. The zero-order valence-electron chi connectivity index (χ0n) is 28.4. The van der Waals surface area contributed by atoms with E-state index in [2.05, 4.69) is 69.3 Å². The maximum absolute atomic E-state index is 13.2. The molecule has 0 aromatic rings. The fraction of sp³-hybridized carbons (Fsp3) is 0.853. The zero-order valence-corrected chi connectivity index (χ0v) is 32.2. The van der Waals surface area contributed by atoms with Crippen molar-refractivity contribution in [3.8, 4) is 0 Å². The van der Waals surface area contributed by atoms with Gasteiger partial charge in [-0.2, -0.15) is 0 Å². The first-order valence-electron chi connectivity index (χ1n) is 17.1. The summed E-state index contributed by atoms with van der Waals surface area (Å²) in [6.07, 6.45) is 15.3. The third kappa shape index (κ3) is 10.7. The van der Waals surface area contributed by atoms with Crippen molar-refractivity contribution < 1.29 is 19.0 Å². The van der Waals surface area contributed by atoms with Gasteiger partial charge in [-0.05, 0) is 0 Å². The zero-order chi connectivity index (χ0) is 30.5. The quantitative estimate of drug-likeness (QED) is 0.0938. The third-order valence-electron chi connectivity index (χ3n) is 9.78. The molecule has 41 heavy (non-hydrogen) atoms. The standard InChI is InChI=1S/C22H38NO4Si.3C4H9.Sn/c1-8-18-21(26-14-15-28(5,6)7)17(16-20(24)27-18)23-13-11-12-19(23)22(9-2,10-3)25-4;3*1-3-4-2;/h1,8,16,18-19,21H,9-15H2,2-7H3;3*1,3-4H2,2H3;/t18-,19+,21-;;;;/m1..../s1. The van der Waals surface area contributed by atoms with Crippen molar-refractivity contribution in [1.82, 2.24) is 4.90 Å². The molecule has 0 amide bonds. The van der Waals surface area contributed by atoms with E-state index in [0.717, 1.165) is 44.0 Å². The molecule has 0 aliphatic carbocycles. The van der Waals surface area contributed by atoms with Crippen molar-refractivity contribution in [3.05, 3.63) is 21.9 Å². The average Bonchev–Trinajstić information content (AvgIpc) is 3.44. The van der Waals surface area contributed by atoms with Crippen LogP contribution in [0.25, 0.3) is 0 Å². The molecule has 2 rings (SSSR count). The number of methoxy groups -OCH3 is 1. The van der Waals surface area contributed by atoms with E-state index < -0.39 is 26.5 Å². The van der Waals surface area contributed by atoms with Gasteiger partial charge in [0.2, 0.25) is 0 Å². The molecule has 0 saturated carbocycles. The Morgan fingerprint density at radius 3 is 2.10 bits per heavy atom. The van der Waals surface area contributed by atoms with E-state index in [0.29, 0.717) is 6.61 Å². The predicted octanol–water partition coefficient (Wildman–Crippen LogP) is 9.13. The summed E-state index contributed by atoms with van der Waals surface area (Å²) in [5.41, 5.74) is 0.799. The number of hydrogen-bond acceptors (Lipinski definition) is 5. The number of unbranched alkanes of at least 4 members (excludes halogenated alkanes) is 3. The van der Waals surface area contributed by atoms with Crippen LogP contribution in [0.3, 0.4) is 0 Å². The Kier molecular flexibility index (Phi) is 16.1. The summed E-state index contributed by atoms with van der Waals surface area (Å²) in [4.78, 5) is 15.7. The number of likely N-dealkylation sites (tertiary alicyclic amines) is 1. The van der Waals surface area contributed by atoms with E-state index in [1.54, 1.807) is 6.08 Å². The second-order valence-corrected chi connectivity index (χ2v) is 32.6. The van der Waals surface area contributed by atoms with Crippen LogP contribution in [0.15, 0.2) is 21.9 Å². The topological polar surface area (TPSA) is 48.0 Å². The Labute approximate surface area is 259 Å². The second-order valence-electron chi connectivity index (χ2n) is 13.9. The van der Waals surface area contributed by atoms with Crippen LogP contribution < -0.4 is 0 Å². The molecule has 2 aliphatic heterocycles. The average molecular weight is 699 g/mol. The van der Waals surface area contributed by atoms with Crippen molar-refractivity contribution in [2.45, 2.75) is 162 Å². The molecule has 0 radical (unpaired) electrons. The van der Waals surface area contributed by atoms with Crippen LogP contribution in [0.4, 0.5) is 0 Å². The second kappa shape index (κ2) is 17.8. The predicted molar refractivity (Wildman–Crippen MR) is 180 cm³/mol. The molecule has 2 heterocycles. The molecule has 2 aliphatic rings. The molecule has 238 valence electrons. The number of carbonyl (C=O) groups excluding carboxylic acids is 1. The van der Waals surface area contributed by atoms with Crippen LogP contribution in [-0.4, -0.2) is 81.4 Å². The summed E-state index contributed by atoms with van der Waals surface area (Å²) in [6, 6.07) is 1.34. The summed E-state index contributed by atoms with van der Waals surface area (Å²) in [5, 5.41) is 0. The summed E-state index contributed by atoms with van der Waals surface area (Å²) in [6.45, 7) is 20.3. The number of ether oxygens (including phenoxy) is 3. The Bertz CT molecular complexity index is 805. The van der Waals surface area contributed by atoms with E-state index in [-0.39, 0.29) is 29.8 Å². The van der Waals surface area contributed by atoms with Gasteiger partial charge in [0, 0.05) is 0 Å². The van der Waals surface area contributed by atoms with E-state index in [9.17, 15) is 4.79 Å². The van der Waals surface area contributed by atoms with Gasteiger partial charge in [0.05, 0.1) is 0 Å². The molecule has 3 atom stereocenters. The van der Waals surface area contributed by atoms with Gasteiger partial charge < -0.3 is 0 Å². The van der Waals surface area contributed by atoms with Gasteiger partial charge in [0.1, 0.15) is 0 Å². The normalized spacial score (nSPS) is 22.5. The fourth-order valence-corrected chi connectivity index (χ4v) is 22.0. The van der Waals surface area contributed by atoms with Gasteiger partial charge in [-0.3, -0.25) is 0 Å². The Hall–Kier alpha value is -0.314. The molecule has 7 heteroatoms. The first-order chi connectivity index (χ1) is 19.5. The first-order valence-corrected chi connectivity index (χ1v) is 28.5. The van der Waals surface area contributed by atoms with Gasteiger partial charge in [-0.1, -0.05) is 0 Å². The molecule has 1 fully saturated rings. The summed E-state index contributed by atoms with van der Waals surface area (Å²) < 4.78 is 26.0. The molecule has 0 spiro atoms. The van der Waals surface area contributed by atoms with Crippen molar-refractivity contribution >= 4 is 32.4 Å². The number of rotatable bonds is 20. The van der Waals surface area contributed by atoms with E-state index >= 15 is 0 Å². The van der Waals surface area contributed by atoms with E-state index in [1.165, 1.54) is 51.8 Å². The fourth-order valence-electron chi connectivity index (χ4n) is 6.94. The molecule has 5 nitrogen and oxygen atoms in total. The van der Waals surface area contributed by atoms with Gasteiger partial charge in [-0.15, -0.1) is 0 Å². The number of carbonyl (C=O) groups is 1. The Morgan fingerprint density at radius 1 is 1.02 bits per heavy atom. The number of esters is 1. The van der Waals surface area contributed by atoms with Gasteiger partial charge in [-0.25, -0.2) is 0 Å². The van der Waals surface area contributed by atoms with E-state index in [4.69, 9.17) is 14.2 Å². The van der Waals surface area contributed by atoms with Gasteiger partial charge in [0.25, 0.3) is 0 Å². The molecular formula is C34H65NO4SiSn. The van der Waals surface area contributed by atoms with Crippen LogP contribution in [0.2, 0.25) is 39.0 Å². The molecular weight excluding hydrogens is 633 g/mol. The van der Waals surface area contributed by atoms with Gasteiger partial charge in [0.15, 0.2) is 0 Å². The van der Waals surface area contributed by atoms with Crippen LogP contribution in [-0.2, 0) is 19.0 Å². The molecule has 0 N–H and O–H groups in total. The van der Waals surface area contributed by atoms with Crippen molar-refractivity contribution in [2.24, 2.45) is 0 Å². The monoisotopic (exact) mass is 699 g/mol. The Balaban J connectivity index is 2.50. The van der Waals surface area contributed by atoms with Crippen molar-refractivity contribution in [1.29, 1.82) is 0 Å². The molecule has 0 aromatic carbocycles. The third-order valence-corrected chi connectivity index (χ3v) is 25.6. The summed E-state index contributed by atoms with van der Waals surface area (Å²) >= 11 is -2.56. The van der Waals surface area contributed by atoms with Crippen LogP contribution in [0, 0.1) is 0 Å². The SMILES string of the molecule is CCC[CH2][Sn](/[CH]=C/[C@H]1OC(=O)C=C(N2CCC[C@H]2C(CC)(CC)OC)[C@H]1OCC[Si](C)(C)C)([CH2]CCC)[CH2]CCC. The molecule has 0 bridgehead atoms. The molecule has 0 aromatic heterocycles. The van der Waals surface area contributed by atoms with Crippen molar-refractivity contribution in [3.63, 3.8) is 0 Å². The van der Waals surface area contributed by atoms with Gasteiger partial charge >= 0.3 is 260 Å². The summed E-state index contributed by atoms with van der Waals surface area (Å²) in [5.74, 6) is -0.224. The van der Waals surface area contributed by atoms with E-state index in [1.807, 2.05) is 7.11 Å². The number of nitrogens with zero attached hydrogens (tertiary/aromatic N) is 1. The van der Waals surface area contributed by atoms with Crippen LogP contribution >= 0.6 is 0 Å². The molecule has 1 saturated heterocycles. The Morgan fingerprint density at radius 2 is 1.61 bits per heavy atom. The first kappa shape index (κ1) is 36.9. The van der Waals surface area contributed by atoms with Crippen LogP contribution in [0.1, 0.15) is 98.8 Å². The van der Waals surface area contributed by atoms with Crippen LogP contribution in [0.5, 0.6) is 0 Å². The van der Waals surface area contributed by atoms with Crippen molar-refractivity contribution in [2.75, 3.05) is 20.3 Å². The number of cyclic esters (lactones) is 1. The number of hydrogen-bond donors (Lipinski definition) is 0. The minimum atomic E-state index is -2.56.